The summed E-state index contributed by atoms with van der Waals surface area (Å²) in [4.78, 5) is 12.3. The van der Waals surface area contributed by atoms with Crippen molar-refractivity contribution in [3.63, 3.8) is 0 Å². The number of hydrogen-bond acceptors (Lipinski definition) is 3. The van der Waals surface area contributed by atoms with E-state index in [-0.39, 0.29) is 11.7 Å². The third-order valence-corrected chi connectivity index (χ3v) is 3.82. The van der Waals surface area contributed by atoms with Crippen molar-refractivity contribution < 1.29 is 13.6 Å². The van der Waals surface area contributed by atoms with Gasteiger partial charge in [0.25, 0.3) is 0 Å². The molecule has 0 saturated heterocycles. The summed E-state index contributed by atoms with van der Waals surface area (Å²) in [5.41, 5.74) is 7.90. The highest BCUT2D eigenvalue weighted by molar-refractivity contribution is 8.00. The second-order valence-electron chi connectivity index (χ2n) is 4.48. The molecule has 0 spiro atoms. The fourth-order valence-corrected chi connectivity index (χ4v) is 2.35. The molecule has 2 aromatic carbocycles. The quantitative estimate of drug-likeness (QED) is 0.670. The first-order chi connectivity index (χ1) is 9.95. The normalized spacial score (nSPS) is 10.4. The average Bonchev–Trinajstić information content (AvgIpc) is 2.44. The average molecular weight is 308 g/mol. The second kappa shape index (κ2) is 6.58. The van der Waals surface area contributed by atoms with Crippen LogP contribution in [0, 0.1) is 18.6 Å². The van der Waals surface area contributed by atoms with Gasteiger partial charge in [0.05, 0.1) is 5.75 Å². The smallest absolute Gasteiger partial charge is 0.234 e. The minimum atomic E-state index is -0.924. The maximum atomic E-state index is 13.0. The third-order valence-electron chi connectivity index (χ3n) is 2.82. The molecule has 3 nitrogen and oxygen atoms in total. The molecule has 0 aliphatic rings. The third kappa shape index (κ3) is 4.19. The molecule has 2 rings (SSSR count). The summed E-state index contributed by atoms with van der Waals surface area (Å²) >= 11 is 1.13. The number of nitrogen functional groups attached to an aromatic ring is 1. The van der Waals surface area contributed by atoms with Crippen LogP contribution in [0.15, 0.2) is 41.3 Å². The van der Waals surface area contributed by atoms with Gasteiger partial charge in [0.2, 0.25) is 5.91 Å². The predicted molar refractivity (Wildman–Crippen MR) is 81.3 cm³/mol. The fraction of sp³-hybridized carbons (Fsp3) is 0.133. The zero-order valence-electron chi connectivity index (χ0n) is 11.3. The second-order valence-corrected chi connectivity index (χ2v) is 5.53. The lowest BCUT2D eigenvalue weighted by Gasteiger charge is -2.07. The molecule has 0 saturated carbocycles. The highest BCUT2D eigenvalue weighted by Gasteiger charge is 2.07. The predicted octanol–water partition coefficient (Wildman–Crippen LogP) is 3.59. The Morgan fingerprint density at radius 1 is 1.19 bits per heavy atom. The Labute approximate surface area is 125 Å². The molecule has 2 aromatic rings. The molecule has 0 fully saturated rings. The SMILES string of the molecule is Cc1ccc(NC(=O)CSc2ccc(F)c(F)c2)cc1N. The van der Waals surface area contributed by atoms with Crippen molar-refractivity contribution in [2.24, 2.45) is 0 Å². The van der Waals surface area contributed by atoms with E-state index in [1.807, 2.05) is 13.0 Å². The van der Waals surface area contributed by atoms with Crippen LogP contribution in [0.4, 0.5) is 20.2 Å². The van der Waals surface area contributed by atoms with Crippen molar-refractivity contribution >= 4 is 29.0 Å². The number of thioether (sulfide) groups is 1. The van der Waals surface area contributed by atoms with Crippen LogP contribution in [0.5, 0.6) is 0 Å². The molecule has 6 heteroatoms. The van der Waals surface area contributed by atoms with E-state index < -0.39 is 11.6 Å². The molecule has 0 atom stereocenters. The first-order valence-corrected chi connectivity index (χ1v) is 7.18. The van der Waals surface area contributed by atoms with Gasteiger partial charge in [-0.3, -0.25) is 4.79 Å². The van der Waals surface area contributed by atoms with Gasteiger partial charge in [-0.25, -0.2) is 8.78 Å². The lowest BCUT2D eigenvalue weighted by molar-refractivity contribution is -0.113. The molecule has 0 aliphatic heterocycles. The number of hydrogen-bond donors (Lipinski definition) is 2. The fourth-order valence-electron chi connectivity index (χ4n) is 1.63. The van der Waals surface area contributed by atoms with E-state index in [9.17, 15) is 13.6 Å². The number of anilines is 2. The first-order valence-electron chi connectivity index (χ1n) is 6.19. The Kier molecular flexibility index (Phi) is 4.80. The summed E-state index contributed by atoms with van der Waals surface area (Å²) in [6.45, 7) is 1.87. The van der Waals surface area contributed by atoms with E-state index in [1.165, 1.54) is 6.07 Å². The molecular weight excluding hydrogens is 294 g/mol. The number of carbonyl (C=O) groups excluding carboxylic acids is 1. The minimum Gasteiger partial charge on any atom is -0.398 e. The van der Waals surface area contributed by atoms with Crippen LogP contribution in [0.25, 0.3) is 0 Å². The van der Waals surface area contributed by atoms with Crippen LogP contribution in [0.3, 0.4) is 0 Å². The summed E-state index contributed by atoms with van der Waals surface area (Å²) in [7, 11) is 0. The van der Waals surface area contributed by atoms with Gasteiger partial charge >= 0.3 is 0 Å². The molecule has 0 aromatic heterocycles. The van der Waals surface area contributed by atoms with Gasteiger partial charge < -0.3 is 11.1 Å². The van der Waals surface area contributed by atoms with E-state index in [2.05, 4.69) is 5.32 Å². The molecule has 0 aliphatic carbocycles. The van der Waals surface area contributed by atoms with Gasteiger partial charge in [-0.2, -0.15) is 0 Å². The van der Waals surface area contributed by atoms with E-state index in [1.54, 1.807) is 12.1 Å². The van der Waals surface area contributed by atoms with Crippen LogP contribution in [0.1, 0.15) is 5.56 Å². The summed E-state index contributed by atoms with van der Waals surface area (Å²) in [5.74, 6) is -1.97. The van der Waals surface area contributed by atoms with Gasteiger partial charge in [0, 0.05) is 16.3 Å². The Morgan fingerprint density at radius 2 is 1.95 bits per heavy atom. The molecular formula is C15H14F2N2OS. The first kappa shape index (κ1) is 15.3. The van der Waals surface area contributed by atoms with Crippen molar-refractivity contribution in [2.45, 2.75) is 11.8 Å². The monoisotopic (exact) mass is 308 g/mol. The van der Waals surface area contributed by atoms with Gasteiger partial charge in [0.15, 0.2) is 11.6 Å². The Balaban J connectivity index is 1.92. The van der Waals surface area contributed by atoms with Crippen LogP contribution < -0.4 is 11.1 Å². The van der Waals surface area contributed by atoms with Crippen molar-refractivity contribution in [1.29, 1.82) is 0 Å². The van der Waals surface area contributed by atoms with E-state index in [4.69, 9.17) is 5.73 Å². The number of nitrogens with two attached hydrogens (primary N) is 1. The van der Waals surface area contributed by atoms with E-state index in [0.29, 0.717) is 16.3 Å². The zero-order chi connectivity index (χ0) is 15.4. The number of rotatable bonds is 4. The van der Waals surface area contributed by atoms with Crippen molar-refractivity contribution in [3.05, 3.63) is 53.6 Å². The van der Waals surface area contributed by atoms with Gasteiger partial charge in [-0.15, -0.1) is 11.8 Å². The zero-order valence-corrected chi connectivity index (χ0v) is 12.1. The maximum Gasteiger partial charge on any atom is 0.234 e. The topological polar surface area (TPSA) is 55.1 Å². The molecule has 0 bridgehead atoms. The van der Waals surface area contributed by atoms with E-state index >= 15 is 0 Å². The number of halogens is 2. The molecule has 21 heavy (non-hydrogen) atoms. The standard InChI is InChI=1S/C15H14F2N2OS/c1-9-2-3-10(6-14(9)18)19-15(20)8-21-11-4-5-12(16)13(17)7-11/h2-7H,8,18H2,1H3,(H,19,20). The number of aryl methyl sites for hydroxylation is 1. The van der Waals surface area contributed by atoms with Crippen LogP contribution >= 0.6 is 11.8 Å². The van der Waals surface area contributed by atoms with Gasteiger partial charge in [0.1, 0.15) is 0 Å². The summed E-state index contributed by atoms with van der Waals surface area (Å²) < 4.78 is 25.8. The molecule has 0 radical (unpaired) electrons. The number of nitrogens with one attached hydrogen (secondary N) is 1. The molecule has 1 amide bonds. The van der Waals surface area contributed by atoms with Crippen molar-refractivity contribution in [1.82, 2.24) is 0 Å². The van der Waals surface area contributed by atoms with E-state index in [0.717, 1.165) is 29.5 Å². The summed E-state index contributed by atoms with van der Waals surface area (Å²) in [6, 6.07) is 8.78. The number of amides is 1. The minimum absolute atomic E-state index is 0.0961. The molecule has 110 valence electrons. The summed E-state index contributed by atoms with van der Waals surface area (Å²) in [5, 5.41) is 2.70. The lowest BCUT2D eigenvalue weighted by atomic mass is 10.2. The van der Waals surface area contributed by atoms with Gasteiger partial charge in [-0.05, 0) is 42.8 Å². The number of benzene rings is 2. The highest BCUT2D eigenvalue weighted by Crippen LogP contribution is 2.21. The summed E-state index contributed by atoms with van der Waals surface area (Å²) in [6.07, 6.45) is 0. The lowest BCUT2D eigenvalue weighted by Crippen LogP contribution is -2.14. The maximum absolute atomic E-state index is 13.0. The Bertz CT molecular complexity index is 677. The highest BCUT2D eigenvalue weighted by atomic mass is 32.2. The van der Waals surface area contributed by atoms with Gasteiger partial charge in [-0.1, -0.05) is 6.07 Å². The van der Waals surface area contributed by atoms with Crippen molar-refractivity contribution in [2.75, 3.05) is 16.8 Å². The largest absolute Gasteiger partial charge is 0.398 e. The molecule has 0 heterocycles. The molecule has 3 N–H and O–H groups in total. The Hall–Kier alpha value is -2.08. The van der Waals surface area contributed by atoms with Crippen LogP contribution in [-0.2, 0) is 4.79 Å². The van der Waals surface area contributed by atoms with Crippen molar-refractivity contribution in [3.8, 4) is 0 Å². The molecule has 0 unspecified atom stereocenters. The van der Waals surface area contributed by atoms with Crippen LogP contribution in [-0.4, -0.2) is 11.7 Å². The Morgan fingerprint density at radius 3 is 2.62 bits per heavy atom. The number of carbonyl (C=O) groups is 1. The van der Waals surface area contributed by atoms with Crippen LogP contribution in [0.2, 0.25) is 0 Å².